The standard InChI is InChI=1S/C15H23N3S/c1-5-18-14(8-12(3)17-18)10-16-11(2)9-15-7-6-13(4)19-15/h6-8,11,16H,5,9-10H2,1-4H3. The predicted octanol–water partition coefficient (Wildman–Crippen LogP) is 3.30. The van der Waals surface area contributed by atoms with E-state index in [1.165, 1.54) is 15.4 Å². The van der Waals surface area contributed by atoms with Crippen LogP contribution in [0.25, 0.3) is 0 Å². The van der Waals surface area contributed by atoms with Crippen molar-refractivity contribution in [3.63, 3.8) is 0 Å². The van der Waals surface area contributed by atoms with Gasteiger partial charge in [-0.2, -0.15) is 5.10 Å². The zero-order chi connectivity index (χ0) is 13.8. The summed E-state index contributed by atoms with van der Waals surface area (Å²) < 4.78 is 2.07. The normalized spacial score (nSPS) is 12.8. The maximum Gasteiger partial charge on any atom is 0.0597 e. The Morgan fingerprint density at radius 2 is 2.16 bits per heavy atom. The fraction of sp³-hybridized carbons (Fsp3) is 0.533. The number of aryl methyl sites for hydroxylation is 3. The van der Waals surface area contributed by atoms with E-state index >= 15 is 0 Å². The van der Waals surface area contributed by atoms with E-state index in [4.69, 9.17) is 0 Å². The first-order valence-corrected chi connectivity index (χ1v) is 7.72. The lowest BCUT2D eigenvalue weighted by molar-refractivity contribution is 0.516. The summed E-state index contributed by atoms with van der Waals surface area (Å²) in [5, 5.41) is 8.06. The number of hydrogen-bond donors (Lipinski definition) is 1. The van der Waals surface area contributed by atoms with Crippen molar-refractivity contribution < 1.29 is 0 Å². The Balaban J connectivity index is 1.87. The van der Waals surface area contributed by atoms with Crippen LogP contribution in [0, 0.1) is 13.8 Å². The summed E-state index contributed by atoms with van der Waals surface area (Å²) in [7, 11) is 0. The minimum atomic E-state index is 0.485. The SMILES string of the molecule is CCn1nc(C)cc1CNC(C)Cc1ccc(C)s1. The summed E-state index contributed by atoms with van der Waals surface area (Å²) in [5.41, 5.74) is 2.37. The summed E-state index contributed by atoms with van der Waals surface area (Å²) in [5.74, 6) is 0. The van der Waals surface area contributed by atoms with Gasteiger partial charge in [0, 0.05) is 28.9 Å². The molecule has 0 radical (unpaired) electrons. The molecular formula is C15H23N3S. The average molecular weight is 277 g/mol. The van der Waals surface area contributed by atoms with Crippen LogP contribution in [0.2, 0.25) is 0 Å². The van der Waals surface area contributed by atoms with Crippen molar-refractivity contribution in [2.45, 2.75) is 53.2 Å². The molecule has 0 aliphatic heterocycles. The maximum atomic E-state index is 4.47. The molecule has 19 heavy (non-hydrogen) atoms. The van der Waals surface area contributed by atoms with Crippen LogP contribution in [0.1, 0.15) is 35.0 Å². The van der Waals surface area contributed by atoms with Gasteiger partial charge < -0.3 is 5.32 Å². The molecule has 2 rings (SSSR count). The van der Waals surface area contributed by atoms with Crippen LogP contribution in [0.3, 0.4) is 0 Å². The molecule has 0 saturated carbocycles. The van der Waals surface area contributed by atoms with Crippen LogP contribution in [0.15, 0.2) is 18.2 Å². The lowest BCUT2D eigenvalue weighted by Gasteiger charge is -2.13. The Bertz CT molecular complexity index is 527. The summed E-state index contributed by atoms with van der Waals surface area (Å²) in [6.45, 7) is 10.4. The Kier molecular flexibility index (Phi) is 4.77. The topological polar surface area (TPSA) is 29.9 Å². The number of nitrogens with one attached hydrogen (secondary N) is 1. The predicted molar refractivity (Wildman–Crippen MR) is 81.7 cm³/mol. The highest BCUT2D eigenvalue weighted by atomic mass is 32.1. The van der Waals surface area contributed by atoms with Crippen molar-refractivity contribution >= 4 is 11.3 Å². The van der Waals surface area contributed by atoms with Crippen LogP contribution in [0.4, 0.5) is 0 Å². The van der Waals surface area contributed by atoms with E-state index in [0.717, 1.165) is 25.2 Å². The first-order valence-electron chi connectivity index (χ1n) is 6.90. The molecule has 1 atom stereocenters. The Morgan fingerprint density at radius 3 is 2.79 bits per heavy atom. The van der Waals surface area contributed by atoms with Crippen LogP contribution >= 0.6 is 11.3 Å². The Morgan fingerprint density at radius 1 is 1.37 bits per heavy atom. The van der Waals surface area contributed by atoms with Crippen molar-refractivity contribution in [3.8, 4) is 0 Å². The van der Waals surface area contributed by atoms with E-state index in [-0.39, 0.29) is 0 Å². The van der Waals surface area contributed by atoms with Gasteiger partial charge in [0.25, 0.3) is 0 Å². The minimum absolute atomic E-state index is 0.485. The molecule has 0 aliphatic carbocycles. The van der Waals surface area contributed by atoms with E-state index in [0.29, 0.717) is 6.04 Å². The van der Waals surface area contributed by atoms with Gasteiger partial charge in [-0.25, -0.2) is 0 Å². The van der Waals surface area contributed by atoms with Crippen LogP contribution < -0.4 is 5.32 Å². The zero-order valence-corrected chi connectivity index (χ0v) is 13.0. The van der Waals surface area contributed by atoms with Gasteiger partial charge in [0.1, 0.15) is 0 Å². The van der Waals surface area contributed by atoms with Gasteiger partial charge >= 0.3 is 0 Å². The van der Waals surface area contributed by atoms with Gasteiger partial charge in [-0.15, -0.1) is 11.3 Å². The molecule has 4 heteroatoms. The summed E-state index contributed by atoms with van der Waals surface area (Å²) in [4.78, 5) is 2.85. The van der Waals surface area contributed by atoms with Crippen LogP contribution in [0.5, 0.6) is 0 Å². The first kappa shape index (κ1) is 14.3. The smallest absolute Gasteiger partial charge is 0.0597 e. The largest absolute Gasteiger partial charge is 0.308 e. The third-order valence-electron chi connectivity index (χ3n) is 3.22. The number of nitrogens with zero attached hydrogens (tertiary/aromatic N) is 2. The first-order chi connectivity index (χ1) is 9.08. The van der Waals surface area contributed by atoms with E-state index in [1.807, 2.05) is 18.3 Å². The quantitative estimate of drug-likeness (QED) is 0.878. The van der Waals surface area contributed by atoms with E-state index in [2.05, 4.69) is 54.1 Å². The summed E-state index contributed by atoms with van der Waals surface area (Å²) in [6, 6.07) is 7.08. The molecule has 3 nitrogen and oxygen atoms in total. The molecule has 1 unspecified atom stereocenters. The lowest BCUT2D eigenvalue weighted by atomic mass is 10.2. The molecule has 104 valence electrons. The van der Waals surface area contributed by atoms with E-state index < -0.39 is 0 Å². The highest BCUT2D eigenvalue weighted by Gasteiger charge is 2.08. The Labute approximate surface area is 119 Å². The maximum absolute atomic E-state index is 4.47. The van der Waals surface area contributed by atoms with Gasteiger partial charge in [0.2, 0.25) is 0 Å². The van der Waals surface area contributed by atoms with Gasteiger partial charge in [-0.05, 0) is 52.3 Å². The van der Waals surface area contributed by atoms with E-state index in [9.17, 15) is 0 Å². The van der Waals surface area contributed by atoms with Crippen molar-refractivity contribution in [1.82, 2.24) is 15.1 Å². The van der Waals surface area contributed by atoms with Crippen LogP contribution in [-0.4, -0.2) is 15.8 Å². The van der Waals surface area contributed by atoms with Crippen LogP contribution in [-0.2, 0) is 19.5 Å². The minimum Gasteiger partial charge on any atom is -0.308 e. The summed E-state index contributed by atoms with van der Waals surface area (Å²) >= 11 is 1.89. The number of aromatic nitrogens is 2. The Hall–Kier alpha value is -1.13. The molecule has 2 aromatic rings. The highest BCUT2D eigenvalue weighted by molar-refractivity contribution is 7.11. The molecule has 0 spiro atoms. The van der Waals surface area contributed by atoms with Crippen molar-refractivity contribution in [3.05, 3.63) is 39.3 Å². The molecule has 2 heterocycles. The van der Waals surface area contributed by atoms with Gasteiger partial charge in [0.15, 0.2) is 0 Å². The fourth-order valence-corrected chi connectivity index (χ4v) is 3.28. The fourth-order valence-electron chi connectivity index (χ4n) is 2.26. The van der Waals surface area contributed by atoms with Gasteiger partial charge in [-0.1, -0.05) is 0 Å². The molecule has 2 aromatic heterocycles. The second-order valence-electron chi connectivity index (χ2n) is 5.09. The number of rotatable bonds is 6. The zero-order valence-electron chi connectivity index (χ0n) is 12.2. The monoisotopic (exact) mass is 277 g/mol. The van der Waals surface area contributed by atoms with Gasteiger partial charge in [0.05, 0.1) is 11.4 Å². The third kappa shape index (κ3) is 3.91. The van der Waals surface area contributed by atoms with Crippen molar-refractivity contribution in [2.24, 2.45) is 0 Å². The van der Waals surface area contributed by atoms with Crippen molar-refractivity contribution in [2.75, 3.05) is 0 Å². The lowest BCUT2D eigenvalue weighted by Crippen LogP contribution is -2.28. The third-order valence-corrected chi connectivity index (χ3v) is 4.24. The highest BCUT2D eigenvalue weighted by Crippen LogP contribution is 2.16. The number of hydrogen-bond acceptors (Lipinski definition) is 3. The summed E-state index contributed by atoms with van der Waals surface area (Å²) in [6.07, 6.45) is 1.09. The van der Waals surface area contributed by atoms with Crippen molar-refractivity contribution in [1.29, 1.82) is 0 Å². The average Bonchev–Trinajstić information content (AvgIpc) is 2.92. The van der Waals surface area contributed by atoms with Gasteiger partial charge in [-0.3, -0.25) is 4.68 Å². The molecule has 0 amide bonds. The molecule has 0 aromatic carbocycles. The molecule has 0 aliphatic rings. The van der Waals surface area contributed by atoms with E-state index in [1.54, 1.807) is 0 Å². The molecule has 1 N–H and O–H groups in total. The molecular weight excluding hydrogens is 254 g/mol. The molecule has 0 bridgehead atoms. The second kappa shape index (κ2) is 6.35. The second-order valence-corrected chi connectivity index (χ2v) is 6.46. The molecule has 0 fully saturated rings. The number of thiophene rings is 1. The molecule has 0 saturated heterocycles.